The predicted molar refractivity (Wildman–Crippen MR) is 92.9 cm³/mol. The van der Waals surface area contributed by atoms with Crippen LogP contribution in [0, 0.1) is 6.92 Å². The molecule has 0 saturated carbocycles. The number of nitrogens with zero attached hydrogens (tertiary/aromatic N) is 3. The molecule has 0 aliphatic carbocycles. The number of carbonyl (C=O) groups excluding carboxylic acids is 1. The Hall–Kier alpha value is -2.21. The van der Waals surface area contributed by atoms with Gasteiger partial charge in [-0.25, -0.2) is 4.98 Å². The molecule has 2 heterocycles. The summed E-state index contributed by atoms with van der Waals surface area (Å²) in [6, 6.07) is 9.01. The van der Waals surface area contributed by atoms with E-state index in [-0.39, 0.29) is 11.7 Å². The molecule has 1 aliphatic rings. The van der Waals surface area contributed by atoms with Crippen molar-refractivity contribution in [3.05, 3.63) is 47.0 Å². The van der Waals surface area contributed by atoms with Crippen LogP contribution in [0.15, 0.2) is 24.3 Å². The van der Waals surface area contributed by atoms with E-state index >= 15 is 0 Å². The SMILES string of the molecule is CNC(=O)c1n[nH]c(C2CCN(C(C)c3ccccc3C)CC2)n1. The second-order valence-electron chi connectivity index (χ2n) is 6.47. The number of nitrogens with one attached hydrogen (secondary N) is 2. The van der Waals surface area contributed by atoms with Crippen molar-refractivity contribution in [1.29, 1.82) is 0 Å². The Morgan fingerprint density at radius 2 is 2.04 bits per heavy atom. The van der Waals surface area contributed by atoms with Crippen molar-refractivity contribution in [3.63, 3.8) is 0 Å². The fourth-order valence-corrected chi connectivity index (χ4v) is 3.48. The molecule has 1 fully saturated rings. The van der Waals surface area contributed by atoms with Crippen molar-refractivity contribution in [2.45, 2.75) is 38.6 Å². The van der Waals surface area contributed by atoms with Crippen LogP contribution in [0.2, 0.25) is 0 Å². The van der Waals surface area contributed by atoms with Gasteiger partial charge in [0, 0.05) is 19.0 Å². The Kier molecular flexibility index (Phi) is 4.94. The lowest BCUT2D eigenvalue weighted by Crippen LogP contribution is -2.35. The molecule has 0 bridgehead atoms. The van der Waals surface area contributed by atoms with Gasteiger partial charge in [0.1, 0.15) is 5.82 Å². The van der Waals surface area contributed by atoms with Crippen LogP contribution in [0.3, 0.4) is 0 Å². The van der Waals surface area contributed by atoms with Gasteiger partial charge < -0.3 is 5.32 Å². The summed E-state index contributed by atoms with van der Waals surface area (Å²) < 4.78 is 0. The largest absolute Gasteiger partial charge is 0.352 e. The number of carbonyl (C=O) groups is 1. The van der Waals surface area contributed by atoms with Gasteiger partial charge in [-0.1, -0.05) is 24.3 Å². The van der Waals surface area contributed by atoms with Crippen LogP contribution >= 0.6 is 0 Å². The summed E-state index contributed by atoms with van der Waals surface area (Å²) in [7, 11) is 1.59. The molecule has 1 aromatic heterocycles. The number of aromatic nitrogens is 3. The van der Waals surface area contributed by atoms with Crippen molar-refractivity contribution in [1.82, 2.24) is 25.4 Å². The fourth-order valence-electron chi connectivity index (χ4n) is 3.48. The van der Waals surface area contributed by atoms with Crippen LogP contribution in [0.4, 0.5) is 0 Å². The standard InChI is InChI=1S/C18H25N5O/c1-12-6-4-5-7-15(12)13(2)23-10-8-14(9-11-23)16-20-17(22-21-16)18(24)19-3/h4-7,13-14H,8-11H2,1-3H3,(H,19,24)(H,20,21,22). The molecule has 1 saturated heterocycles. The number of likely N-dealkylation sites (tertiary alicyclic amines) is 1. The molecular weight excluding hydrogens is 302 g/mol. The van der Waals surface area contributed by atoms with E-state index in [1.54, 1.807) is 7.05 Å². The summed E-state index contributed by atoms with van der Waals surface area (Å²) >= 11 is 0. The highest BCUT2D eigenvalue weighted by Gasteiger charge is 2.27. The third kappa shape index (κ3) is 3.33. The molecule has 0 radical (unpaired) electrons. The number of amides is 1. The van der Waals surface area contributed by atoms with Crippen molar-refractivity contribution in [2.75, 3.05) is 20.1 Å². The first kappa shape index (κ1) is 16.6. The molecule has 1 amide bonds. The van der Waals surface area contributed by atoms with Crippen LogP contribution in [0.25, 0.3) is 0 Å². The Labute approximate surface area is 142 Å². The lowest BCUT2D eigenvalue weighted by Gasteiger charge is -2.36. The second-order valence-corrected chi connectivity index (χ2v) is 6.47. The minimum Gasteiger partial charge on any atom is -0.352 e. The fraction of sp³-hybridized carbons (Fsp3) is 0.500. The average molecular weight is 327 g/mol. The molecule has 1 aliphatic heterocycles. The van der Waals surface area contributed by atoms with Crippen LogP contribution in [0.1, 0.15) is 59.3 Å². The highest BCUT2D eigenvalue weighted by molar-refractivity contribution is 5.90. The van der Waals surface area contributed by atoms with Crippen LogP contribution < -0.4 is 5.32 Å². The Morgan fingerprint density at radius 3 is 2.71 bits per heavy atom. The number of aromatic amines is 1. The van der Waals surface area contributed by atoms with Gasteiger partial charge in [-0.05, 0) is 50.9 Å². The second kappa shape index (κ2) is 7.13. The van der Waals surface area contributed by atoms with Gasteiger partial charge in [-0.15, -0.1) is 5.10 Å². The first-order valence-electron chi connectivity index (χ1n) is 8.54. The molecule has 2 aromatic rings. The van der Waals surface area contributed by atoms with E-state index in [4.69, 9.17) is 0 Å². The Morgan fingerprint density at radius 1 is 1.33 bits per heavy atom. The first-order valence-corrected chi connectivity index (χ1v) is 8.54. The number of aryl methyl sites for hydroxylation is 1. The summed E-state index contributed by atoms with van der Waals surface area (Å²) in [6.07, 6.45) is 2.05. The maximum atomic E-state index is 11.6. The summed E-state index contributed by atoms with van der Waals surface area (Å²) in [5.41, 5.74) is 2.75. The van der Waals surface area contributed by atoms with Gasteiger partial charge in [0.15, 0.2) is 0 Å². The lowest BCUT2D eigenvalue weighted by molar-refractivity contribution is 0.0953. The van der Waals surface area contributed by atoms with E-state index < -0.39 is 0 Å². The van der Waals surface area contributed by atoms with E-state index in [1.165, 1.54) is 11.1 Å². The summed E-state index contributed by atoms with van der Waals surface area (Å²) in [5, 5.41) is 9.50. The van der Waals surface area contributed by atoms with Gasteiger partial charge in [-0.2, -0.15) is 0 Å². The smallest absolute Gasteiger partial charge is 0.290 e. The molecular formula is C18H25N5O. The molecule has 1 atom stereocenters. The van der Waals surface area contributed by atoms with E-state index in [9.17, 15) is 4.79 Å². The Balaban J connectivity index is 1.62. The highest BCUT2D eigenvalue weighted by atomic mass is 16.2. The van der Waals surface area contributed by atoms with Crippen LogP contribution in [-0.2, 0) is 0 Å². The Bertz CT molecular complexity index is 703. The van der Waals surface area contributed by atoms with Crippen molar-refractivity contribution in [3.8, 4) is 0 Å². The molecule has 3 rings (SSSR count). The van der Waals surface area contributed by atoms with Gasteiger partial charge >= 0.3 is 0 Å². The van der Waals surface area contributed by atoms with Gasteiger partial charge in [0.25, 0.3) is 5.91 Å². The molecule has 24 heavy (non-hydrogen) atoms. The number of piperidine rings is 1. The third-order valence-electron chi connectivity index (χ3n) is 5.04. The minimum absolute atomic E-state index is 0.225. The van der Waals surface area contributed by atoms with E-state index in [1.807, 2.05) is 0 Å². The number of hydrogen-bond donors (Lipinski definition) is 2. The van der Waals surface area contributed by atoms with Gasteiger partial charge in [-0.3, -0.25) is 14.8 Å². The molecule has 0 spiro atoms. The number of H-pyrrole nitrogens is 1. The molecule has 128 valence electrons. The van der Waals surface area contributed by atoms with Crippen molar-refractivity contribution < 1.29 is 4.79 Å². The molecule has 1 aromatic carbocycles. The topological polar surface area (TPSA) is 73.9 Å². The van der Waals surface area contributed by atoms with Crippen LogP contribution in [-0.4, -0.2) is 46.1 Å². The highest BCUT2D eigenvalue weighted by Crippen LogP contribution is 2.31. The van der Waals surface area contributed by atoms with E-state index in [2.05, 4.69) is 63.5 Å². The summed E-state index contributed by atoms with van der Waals surface area (Å²) in [4.78, 5) is 18.4. The zero-order valence-electron chi connectivity index (χ0n) is 14.5. The zero-order chi connectivity index (χ0) is 17.1. The molecule has 1 unspecified atom stereocenters. The van der Waals surface area contributed by atoms with Crippen LogP contribution in [0.5, 0.6) is 0 Å². The predicted octanol–water partition coefficient (Wildman–Crippen LogP) is 2.41. The third-order valence-corrected chi connectivity index (χ3v) is 5.04. The monoisotopic (exact) mass is 327 g/mol. The number of hydrogen-bond acceptors (Lipinski definition) is 4. The van der Waals surface area contributed by atoms with Gasteiger partial charge in [0.05, 0.1) is 0 Å². The van der Waals surface area contributed by atoms with Gasteiger partial charge in [0.2, 0.25) is 5.82 Å². The molecule has 2 N–H and O–H groups in total. The summed E-state index contributed by atoms with van der Waals surface area (Å²) in [6.45, 7) is 6.50. The lowest BCUT2D eigenvalue weighted by atomic mass is 9.93. The zero-order valence-corrected chi connectivity index (χ0v) is 14.5. The van der Waals surface area contributed by atoms with E-state index in [0.717, 1.165) is 31.8 Å². The number of benzene rings is 1. The quantitative estimate of drug-likeness (QED) is 0.904. The maximum absolute atomic E-state index is 11.6. The number of rotatable bonds is 4. The van der Waals surface area contributed by atoms with E-state index in [0.29, 0.717) is 12.0 Å². The molecule has 6 nitrogen and oxygen atoms in total. The minimum atomic E-state index is -0.247. The molecule has 6 heteroatoms. The first-order chi connectivity index (χ1) is 11.6. The summed E-state index contributed by atoms with van der Waals surface area (Å²) in [5.74, 6) is 1.15. The van der Waals surface area contributed by atoms with Crippen molar-refractivity contribution in [2.24, 2.45) is 0 Å². The average Bonchev–Trinajstić information content (AvgIpc) is 3.11. The van der Waals surface area contributed by atoms with Crippen molar-refractivity contribution >= 4 is 5.91 Å². The normalized spacial score (nSPS) is 17.6. The maximum Gasteiger partial charge on any atom is 0.290 e.